The van der Waals surface area contributed by atoms with E-state index in [-0.39, 0.29) is 11.8 Å². The number of hydrogen-bond donors (Lipinski definition) is 2. The molecule has 5 aromatic rings. The molecule has 2 aliphatic rings. The third-order valence-corrected chi connectivity index (χ3v) is 7.20. The highest BCUT2D eigenvalue weighted by atomic mass is 16.2. The van der Waals surface area contributed by atoms with E-state index in [0.717, 1.165) is 45.2 Å². The Labute approximate surface area is 206 Å². The third kappa shape index (κ3) is 2.95. The van der Waals surface area contributed by atoms with E-state index >= 15 is 0 Å². The molecule has 0 spiro atoms. The second-order valence-corrected chi connectivity index (χ2v) is 9.45. The number of rotatable bonds is 3. The lowest BCUT2D eigenvalue weighted by Crippen LogP contribution is -2.36. The number of anilines is 2. The largest absolute Gasteiger partial charge is 0.348 e. The molecule has 2 N–H and O–H groups in total. The fourth-order valence-corrected chi connectivity index (χ4v) is 5.33. The molecule has 178 valence electrons. The number of benzene rings is 1. The fraction of sp³-hybridized carbons (Fsp3) is 0.185. The predicted molar refractivity (Wildman–Crippen MR) is 137 cm³/mol. The van der Waals surface area contributed by atoms with E-state index in [4.69, 9.17) is 0 Å². The molecule has 0 aliphatic carbocycles. The zero-order chi connectivity index (χ0) is 24.6. The van der Waals surface area contributed by atoms with Crippen molar-refractivity contribution in [2.45, 2.75) is 20.0 Å². The molecule has 36 heavy (non-hydrogen) atoms. The smallest absolute Gasteiger partial charge is 0.270 e. The van der Waals surface area contributed by atoms with Crippen molar-refractivity contribution in [3.05, 3.63) is 77.4 Å². The third-order valence-electron chi connectivity index (χ3n) is 7.20. The Balaban J connectivity index is 1.29. The Hall–Kier alpha value is -4.66. The van der Waals surface area contributed by atoms with Crippen molar-refractivity contribution in [3.63, 3.8) is 0 Å². The second kappa shape index (κ2) is 7.42. The van der Waals surface area contributed by atoms with Gasteiger partial charge in [-0.2, -0.15) is 5.10 Å². The normalized spacial score (nSPS) is 14.9. The number of aromatic nitrogens is 4. The molecule has 2 aliphatic heterocycles. The number of carbonyl (C=O) groups is 2. The minimum Gasteiger partial charge on any atom is -0.348 e. The van der Waals surface area contributed by atoms with Crippen molar-refractivity contribution in [2.75, 3.05) is 18.9 Å². The van der Waals surface area contributed by atoms with Gasteiger partial charge in [0.05, 0.1) is 34.7 Å². The van der Waals surface area contributed by atoms with Crippen molar-refractivity contribution in [2.24, 2.45) is 0 Å². The van der Waals surface area contributed by atoms with E-state index in [1.165, 1.54) is 0 Å². The lowest BCUT2D eigenvalue weighted by molar-refractivity contribution is 0.0751. The van der Waals surface area contributed by atoms with E-state index < -0.39 is 0 Å². The summed E-state index contributed by atoms with van der Waals surface area (Å²) in [6.07, 6.45) is 5.63. The van der Waals surface area contributed by atoms with E-state index in [1.54, 1.807) is 11.1 Å². The molecule has 4 aromatic heterocycles. The first-order valence-corrected chi connectivity index (χ1v) is 11.9. The first kappa shape index (κ1) is 20.7. The van der Waals surface area contributed by atoms with Crippen LogP contribution in [0.1, 0.15) is 32.0 Å². The molecule has 9 heteroatoms. The maximum absolute atomic E-state index is 12.9. The molecule has 7 rings (SSSR count). The number of aryl methyl sites for hydroxylation is 1. The van der Waals surface area contributed by atoms with E-state index in [1.807, 2.05) is 59.7 Å². The number of nitrogens with zero attached hydrogens (tertiary/aromatic N) is 5. The average molecular weight is 478 g/mol. The minimum atomic E-state index is -0.115. The van der Waals surface area contributed by atoms with Crippen LogP contribution in [0, 0.1) is 6.92 Å². The van der Waals surface area contributed by atoms with Gasteiger partial charge in [-0.1, -0.05) is 12.1 Å². The maximum atomic E-state index is 12.9. The maximum Gasteiger partial charge on any atom is 0.270 e. The van der Waals surface area contributed by atoms with Crippen LogP contribution in [0.25, 0.3) is 27.5 Å². The molecule has 0 fully saturated rings. The van der Waals surface area contributed by atoms with Crippen LogP contribution in [0.2, 0.25) is 0 Å². The Morgan fingerprint density at radius 1 is 1.00 bits per heavy atom. The Bertz CT molecular complexity index is 1750. The van der Waals surface area contributed by atoms with Crippen LogP contribution in [0.15, 0.2) is 55.0 Å². The summed E-state index contributed by atoms with van der Waals surface area (Å²) < 4.78 is 3.89. The summed E-state index contributed by atoms with van der Waals surface area (Å²) >= 11 is 0. The lowest BCUT2D eigenvalue weighted by atomic mass is 9.96. The van der Waals surface area contributed by atoms with Crippen LogP contribution < -0.4 is 10.6 Å². The summed E-state index contributed by atoms with van der Waals surface area (Å²) in [7, 11) is 1.82. The highest BCUT2D eigenvalue weighted by molar-refractivity contribution is 6.07. The van der Waals surface area contributed by atoms with Gasteiger partial charge in [0.15, 0.2) is 0 Å². The van der Waals surface area contributed by atoms with Crippen LogP contribution in [-0.2, 0) is 13.1 Å². The zero-order valence-electron chi connectivity index (χ0n) is 19.9. The number of nitrogens with one attached hydrogen (secondary N) is 2. The van der Waals surface area contributed by atoms with E-state index in [9.17, 15) is 9.59 Å². The summed E-state index contributed by atoms with van der Waals surface area (Å²) in [6, 6.07) is 11.9. The number of hydrogen-bond acceptors (Lipinski definition) is 5. The summed E-state index contributed by atoms with van der Waals surface area (Å²) in [6.45, 7) is 3.91. The SMILES string of the molecule is Cc1ccc2c(-c3ccc(Nc4cc5cc6n(c5cn4)CCN(C)C6=O)c4c3CNC4=O)cnn2c1. The van der Waals surface area contributed by atoms with Crippen molar-refractivity contribution >= 4 is 39.7 Å². The van der Waals surface area contributed by atoms with Gasteiger partial charge in [0, 0.05) is 43.8 Å². The van der Waals surface area contributed by atoms with Gasteiger partial charge in [0.2, 0.25) is 0 Å². The quantitative estimate of drug-likeness (QED) is 0.413. The minimum absolute atomic E-state index is 0.0138. The van der Waals surface area contributed by atoms with E-state index in [2.05, 4.69) is 32.8 Å². The van der Waals surface area contributed by atoms with Gasteiger partial charge < -0.3 is 20.1 Å². The first-order chi connectivity index (χ1) is 17.5. The molecule has 1 aromatic carbocycles. The van der Waals surface area contributed by atoms with Gasteiger partial charge in [0.1, 0.15) is 11.5 Å². The molecule has 6 heterocycles. The molecule has 0 saturated carbocycles. The molecule has 0 bridgehead atoms. The zero-order valence-corrected chi connectivity index (χ0v) is 19.9. The number of pyridine rings is 2. The van der Waals surface area contributed by atoms with Crippen LogP contribution in [-0.4, -0.2) is 49.5 Å². The molecule has 0 unspecified atom stereocenters. The molecule has 9 nitrogen and oxygen atoms in total. The van der Waals surface area contributed by atoms with Crippen molar-refractivity contribution < 1.29 is 9.59 Å². The first-order valence-electron chi connectivity index (χ1n) is 11.9. The van der Waals surface area contributed by atoms with Crippen molar-refractivity contribution in [3.8, 4) is 11.1 Å². The summed E-state index contributed by atoms with van der Waals surface area (Å²) in [5.74, 6) is 0.517. The number of carbonyl (C=O) groups excluding carboxylic acids is 2. The Kier molecular flexibility index (Phi) is 4.26. The number of amides is 2. The summed E-state index contributed by atoms with van der Waals surface area (Å²) in [4.78, 5) is 31.8. The highest BCUT2D eigenvalue weighted by Crippen LogP contribution is 2.37. The Morgan fingerprint density at radius 2 is 1.89 bits per heavy atom. The molecule has 2 amide bonds. The second-order valence-electron chi connectivity index (χ2n) is 9.45. The van der Waals surface area contributed by atoms with Crippen LogP contribution >= 0.6 is 0 Å². The average Bonchev–Trinajstić information content (AvgIpc) is 3.57. The Morgan fingerprint density at radius 3 is 2.78 bits per heavy atom. The molecular weight excluding hydrogens is 454 g/mol. The van der Waals surface area contributed by atoms with Gasteiger partial charge >= 0.3 is 0 Å². The topological polar surface area (TPSA) is 96.6 Å². The van der Waals surface area contributed by atoms with Gasteiger partial charge in [-0.15, -0.1) is 0 Å². The fourth-order valence-electron chi connectivity index (χ4n) is 5.33. The predicted octanol–water partition coefficient (Wildman–Crippen LogP) is 3.73. The molecule has 0 atom stereocenters. The van der Waals surface area contributed by atoms with Crippen molar-refractivity contribution in [1.29, 1.82) is 0 Å². The molecule has 0 saturated heterocycles. The van der Waals surface area contributed by atoms with Gasteiger partial charge in [0.25, 0.3) is 11.8 Å². The highest BCUT2D eigenvalue weighted by Gasteiger charge is 2.28. The number of likely N-dealkylation sites (N-methyl/N-ethyl adjacent to an activating group) is 1. The summed E-state index contributed by atoms with van der Waals surface area (Å²) in [5.41, 5.74) is 7.95. The standard InChI is InChI=1S/C27H23N7O2/c1-15-3-6-21-18(12-30-34(21)14-15)17-4-5-20(25-19(17)11-29-26(25)35)31-24-10-16-9-22-27(36)32(2)7-8-33(22)23(16)13-28-24/h3-6,9-10,12-14H,7-8,11H2,1-2H3,(H,28,31)(H,29,35). The number of fused-ring (bicyclic) bond motifs is 5. The van der Waals surface area contributed by atoms with Crippen LogP contribution in [0.4, 0.5) is 11.5 Å². The van der Waals surface area contributed by atoms with Crippen molar-refractivity contribution in [1.82, 2.24) is 29.4 Å². The lowest BCUT2D eigenvalue weighted by Gasteiger charge is -2.24. The van der Waals surface area contributed by atoms with Crippen LogP contribution in [0.5, 0.6) is 0 Å². The molecular formula is C27H23N7O2. The van der Waals surface area contributed by atoms with E-state index in [0.29, 0.717) is 35.9 Å². The van der Waals surface area contributed by atoms with Gasteiger partial charge in [-0.05, 0) is 47.9 Å². The van der Waals surface area contributed by atoms with Gasteiger partial charge in [-0.3, -0.25) is 9.59 Å². The monoisotopic (exact) mass is 477 g/mol. The van der Waals surface area contributed by atoms with Gasteiger partial charge in [-0.25, -0.2) is 9.50 Å². The molecule has 0 radical (unpaired) electrons. The summed E-state index contributed by atoms with van der Waals surface area (Å²) in [5, 5.41) is 11.8. The van der Waals surface area contributed by atoms with Crippen LogP contribution in [0.3, 0.4) is 0 Å².